The highest BCUT2D eigenvalue weighted by atomic mass is 32.2. The SMILES string of the molecule is CN(C)CC(=O)Nc1nc2ccc(SC#N)cc2s1. The van der Waals surface area contributed by atoms with E-state index in [0.29, 0.717) is 11.7 Å². The van der Waals surface area contributed by atoms with Crippen LogP contribution in [0.5, 0.6) is 0 Å². The molecule has 1 N–H and O–H groups in total. The van der Waals surface area contributed by atoms with Crippen LogP contribution in [0.15, 0.2) is 23.1 Å². The maximum Gasteiger partial charge on any atom is 0.240 e. The summed E-state index contributed by atoms with van der Waals surface area (Å²) in [5, 5.41) is 14.0. The molecule has 0 spiro atoms. The van der Waals surface area contributed by atoms with Crippen molar-refractivity contribution in [2.45, 2.75) is 4.90 Å². The molecule has 7 heteroatoms. The maximum absolute atomic E-state index is 11.6. The van der Waals surface area contributed by atoms with Crippen molar-refractivity contribution in [1.82, 2.24) is 9.88 Å². The average Bonchev–Trinajstić information content (AvgIpc) is 2.69. The van der Waals surface area contributed by atoms with Crippen LogP contribution in [0.25, 0.3) is 10.2 Å². The van der Waals surface area contributed by atoms with Crippen molar-refractivity contribution in [3.05, 3.63) is 18.2 Å². The molecule has 1 aromatic heterocycles. The highest BCUT2D eigenvalue weighted by Gasteiger charge is 2.09. The summed E-state index contributed by atoms with van der Waals surface area (Å²) in [5.74, 6) is -0.0873. The summed E-state index contributed by atoms with van der Waals surface area (Å²) in [6, 6.07) is 5.61. The van der Waals surface area contributed by atoms with Crippen LogP contribution >= 0.6 is 23.1 Å². The summed E-state index contributed by atoms with van der Waals surface area (Å²) >= 11 is 2.52. The van der Waals surface area contributed by atoms with Gasteiger partial charge in [0.15, 0.2) is 5.13 Å². The zero-order valence-corrected chi connectivity index (χ0v) is 12.1. The molecule has 2 aromatic rings. The van der Waals surface area contributed by atoms with Crippen molar-refractivity contribution in [1.29, 1.82) is 5.26 Å². The van der Waals surface area contributed by atoms with Crippen molar-refractivity contribution in [3.8, 4) is 5.40 Å². The maximum atomic E-state index is 11.6. The molecular formula is C12H12N4OS2. The summed E-state index contributed by atoms with van der Waals surface area (Å²) in [4.78, 5) is 18.6. The van der Waals surface area contributed by atoms with E-state index in [1.807, 2.05) is 37.7 Å². The fourth-order valence-electron chi connectivity index (χ4n) is 1.52. The normalized spacial score (nSPS) is 10.6. The number of aromatic nitrogens is 1. The molecule has 19 heavy (non-hydrogen) atoms. The van der Waals surface area contributed by atoms with Gasteiger partial charge in [0.05, 0.1) is 16.8 Å². The van der Waals surface area contributed by atoms with Crippen LogP contribution in [-0.2, 0) is 4.79 Å². The van der Waals surface area contributed by atoms with E-state index < -0.39 is 0 Å². The fraction of sp³-hybridized carbons (Fsp3) is 0.250. The van der Waals surface area contributed by atoms with E-state index >= 15 is 0 Å². The number of amides is 1. The van der Waals surface area contributed by atoms with Crippen LogP contribution < -0.4 is 5.32 Å². The molecule has 2 rings (SSSR count). The second kappa shape index (κ2) is 6.02. The monoisotopic (exact) mass is 292 g/mol. The van der Waals surface area contributed by atoms with E-state index in [0.717, 1.165) is 26.9 Å². The first-order chi connectivity index (χ1) is 9.08. The fourth-order valence-corrected chi connectivity index (χ4v) is 2.93. The molecule has 0 saturated carbocycles. The Morgan fingerprint density at radius 2 is 2.37 bits per heavy atom. The number of thioether (sulfide) groups is 1. The third-order valence-corrected chi connectivity index (χ3v) is 3.74. The topological polar surface area (TPSA) is 69.0 Å². The molecule has 0 aliphatic heterocycles. The summed E-state index contributed by atoms with van der Waals surface area (Å²) in [5.41, 5.74) is 0.826. The lowest BCUT2D eigenvalue weighted by Crippen LogP contribution is -2.26. The standard InChI is InChI=1S/C12H12N4OS2/c1-16(2)6-11(17)15-12-14-9-4-3-8(18-7-13)5-10(9)19-12/h3-5H,6H2,1-2H3,(H,14,15,17). The van der Waals surface area contributed by atoms with Gasteiger partial charge in [0.1, 0.15) is 5.40 Å². The number of thiocyanates is 1. The van der Waals surface area contributed by atoms with Gasteiger partial charge in [-0.1, -0.05) is 11.3 Å². The number of likely N-dealkylation sites (N-methyl/N-ethyl adjacent to an activating group) is 1. The predicted molar refractivity (Wildman–Crippen MR) is 78.3 cm³/mol. The van der Waals surface area contributed by atoms with Gasteiger partial charge in [0.25, 0.3) is 0 Å². The zero-order valence-electron chi connectivity index (χ0n) is 10.5. The largest absolute Gasteiger partial charge is 0.301 e. The van der Waals surface area contributed by atoms with Gasteiger partial charge in [-0.3, -0.25) is 4.79 Å². The summed E-state index contributed by atoms with van der Waals surface area (Å²) in [7, 11) is 3.67. The minimum Gasteiger partial charge on any atom is -0.301 e. The third-order valence-electron chi connectivity index (χ3n) is 2.23. The number of hydrogen-bond donors (Lipinski definition) is 1. The summed E-state index contributed by atoms with van der Waals surface area (Å²) in [6.45, 7) is 0.325. The minimum atomic E-state index is -0.0873. The number of fused-ring (bicyclic) bond motifs is 1. The Hall–Kier alpha value is -1.62. The molecule has 1 aromatic carbocycles. The second-order valence-electron chi connectivity index (χ2n) is 4.13. The number of nitrogens with one attached hydrogen (secondary N) is 1. The van der Waals surface area contributed by atoms with Crippen molar-refractivity contribution >= 4 is 44.4 Å². The van der Waals surface area contributed by atoms with Crippen LogP contribution in [0, 0.1) is 10.7 Å². The Kier molecular flexibility index (Phi) is 4.37. The van der Waals surface area contributed by atoms with Crippen LogP contribution in [-0.4, -0.2) is 36.4 Å². The number of rotatable bonds is 4. The number of thiazole rings is 1. The van der Waals surface area contributed by atoms with Crippen molar-refractivity contribution in [2.24, 2.45) is 0 Å². The van der Waals surface area contributed by atoms with E-state index in [-0.39, 0.29) is 5.91 Å². The number of anilines is 1. The molecule has 5 nitrogen and oxygen atoms in total. The number of hydrogen-bond acceptors (Lipinski definition) is 6. The van der Waals surface area contributed by atoms with Gasteiger partial charge in [-0.25, -0.2) is 4.98 Å². The average molecular weight is 292 g/mol. The van der Waals surface area contributed by atoms with Gasteiger partial charge in [-0.05, 0) is 44.1 Å². The number of benzene rings is 1. The zero-order chi connectivity index (χ0) is 13.8. The molecule has 0 unspecified atom stereocenters. The number of nitriles is 1. The van der Waals surface area contributed by atoms with Crippen molar-refractivity contribution in [2.75, 3.05) is 26.0 Å². The van der Waals surface area contributed by atoms with Crippen LogP contribution in [0.1, 0.15) is 0 Å². The molecule has 0 aliphatic carbocycles. The molecule has 1 amide bonds. The van der Waals surface area contributed by atoms with E-state index in [1.165, 1.54) is 11.3 Å². The Balaban J connectivity index is 2.17. The number of carbonyl (C=O) groups is 1. The van der Waals surface area contributed by atoms with Gasteiger partial charge >= 0.3 is 0 Å². The molecular weight excluding hydrogens is 280 g/mol. The molecule has 98 valence electrons. The predicted octanol–water partition coefficient (Wildman–Crippen LogP) is 2.37. The molecule has 1 heterocycles. The van der Waals surface area contributed by atoms with E-state index in [9.17, 15) is 4.79 Å². The quantitative estimate of drug-likeness (QED) is 0.692. The van der Waals surface area contributed by atoms with E-state index in [1.54, 1.807) is 4.90 Å². The smallest absolute Gasteiger partial charge is 0.240 e. The molecule has 0 radical (unpaired) electrons. The van der Waals surface area contributed by atoms with Gasteiger partial charge in [0.2, 0.25) is 5.91 Å². The third kappa shape index (κ3) is 3.67. The number of carbonyl (C=O) groups excluding carboxylic acids is 1. The first-order valence-corrected chi connectivity index (χ1v) is 7.13. The second-order valence-corrected chi connectivity index (χ2v) is 6.02. The van der Waals surface area contributed by atoms with E-state index in [2.05, 4.69) is 10.3 Å². The highest BCUT2D eigenvalue weighted by Crippen LogP contribution is 2.29. The Morgan fingerprint density at radius 1 is 1.58 bits per heavy atom. The van der Waals surface area contributed by atoms with Gasteiger partial charge in [-0.2, -0.15) is 5.26 Å². The molecule has 0 atom stereocenters. The molecule has 0 saturated heterocycles. The van der Waals surface area contributed by atoms with Crippen molar-refractivity contribution < 1.29 is 4.79 Å². The summed E-state index contributed by atoms with van der Waals surface area (Å²) in [6.07, 6.45) is 0. The lowest BCUT2D eigenvalue weighted by molar-refractivity contribution is -0.116. The minimum absolute atomic E-state index is 0.0873. The lowest BCUT2D eigenvalue weighted by atomic mass is 10.3. The molecule has 0 fully saturated rings. The highest BCUT2D eigenvalue weighted by molar-refractivity contribution is 8.03. The van der Waals surface area contributed by atoms with Crippen LogP contribution in [0.2, 0.25) is 0 Å². The van der Waals surface area contributed by atoms with Gasteiger partial charge < -0.3 is 10.2 Å². The molecule has 0 bridgehead atoms. The van der Waals surface area contributed by atoms with Gasteiger partial charge in [-0.15, -0.1) is 0 Å². The number of nitrogens with zero attached hydrogens (tertiary/aromatic N) is 3. The Labute approximate surface area is 119 Å². The Bertz CT molecular complexity index is 645. The van der Waals surface area contributed by atoms with Crippen LogP contribution in [0.4, 0.5) is 5.13 Å². The van der Waals surface area contributed by atoms with Crippen molar-refractivity contribution in [3.63, 3.8) is 0 Å². The lowest BCUT2D eigenvalue weighted by Gasteiger charge is -2.07. The van der Waals surface area contributed by atoms with E-state index in [4.69, 9.17) is 5.26 Å². The Morgan fingerprint density at radius 3 is 3.05 bits per heavy atom. The summed E-state index contributed by atoms with van der Waals surface area (Å²) < 4.78 is 0.959. The molecule has 0 aliphatic rings. The van der Waals surface area contributed by atoms with Crippen LogP contribution in [0.3, 0.4) is 0 Å². The first kappa shape index (κ1) is 13.8. The van der Waals surface area contributed by atoms with Gasteiger partial charge in [0, 0.05) is 4.90 Å². The first-order valence-electron chi connectivity index (χ1n) is 5.49.